The molecule has 0 unspecified atom stereocenters. The molecule has 3 aromatic rings. The highest BCUT2D eigenvalue weighted by Gasteiger charge is 2.26. The minimum Gasteiger partial charge on any atom is -0.445 e. The zero-order chi connectivity index (χ0) is 17.9. The number of halogens is 1. The third-order valence-corrected chi connectivity index (χ3v) is 4.92. The van der Waals surface area contributed by atoms with Gasteiger partial charge in [0.1, 0.15) is 18.1 Å². The van der Waals surface area contributed by atoms with Gasteiger partial charge < -0.3 is 9.64 Å². The van der Waals surface area contributed by atoms with E-state index >= 15 is 0 Å². The van der Waals surface area contributed by atoms with Gasteiger partial charge in [0.05, 0.1) is 17.6 Å². The van der Waals surface area contributed by atoms with Crippen molar-refractivity contribution in [3.8, 4) is 0 Å². The highest BCUT2D eigenvalue weighted by molar-refractivity contribution is 6.33. The number of hydrogen-bond donors (Lipinski definition) is 0. The lowest BCUT2D eigenvalue weighted by molar-refractivity contribution is 0.0824. The average molecular weight is 372 g/mol. The van der Waals surface area contributed by atoms with E-state index in [1.165, 1.54) is 6.33 Å². The maximum Gasteiger partial charge on any atom is 0.410 e. The van der Waals surface area contributed by atoms with E-state index in [0.717, 1.165) is 29.4 Å². The predicted molar refractivity (Wildman–Crippen MR) is 96.8 cm³/mol. The third kappa shape index (κ3) is 3.35. The molecule has 1 saturated heterocycles. The van der Waals surface area contributed by atoms with Crippen molar-refractivity contribution in [1.82, 2.24) is 24.6 Å². The number of amides is 1. The van der Waals surface area contributed by atoms with Gasteiger partial charge in [0.15, 0.2) is 5.65 Å². The largest absolute Gasteiger partial charge is 0.445 e. The van der Waals surface area contributed by atoms with Crippen molar-refractivity contribution in [3.05, 3.63) is 53.6 Å². The van der Waals surface area contributed by atoms with Crippen LogP contribution in [0.3, 0.4) is 0 Å². The maximum atomic E-state index is 12.3. The number of carbonyl (C=O) groups is 1. The Morgan fingerprint density at radius 2 is 1.96 bits per heavy atom. The lowest BCUT2D eigenvalue weighted by atomic mass is 10.1. The van der Waals surface area contributed by atoms with E-state index in [0.29, 0.717) is 24.8 Å². The highest BCUT2D eigenvalue weighted by Crippen LogP contribution is 2.27. The van der Waals surface area contributed by atoms with E-state index in [1.807, 2.05) is 35.0 Å². The van der Waals surface area contributed by atoms with Gasteiger partial charge in [-0.2, -0.15) is 5.10 Å². The van der Waals surface area contributed by atoms with Gasteiger partial charge in [0, 0.05) is 13.1 Å². The number of likely N-dealkylation sites (tertiary alicyclic amines) is 1. The summed E-state index contributed by atoms with van der Waals surface area (Å²) in [5.41, 5.74) is 1.71. The zero-order valence-corrected chi connectivity index (χ0v) is 14.8. The number of carbonyl (C=O) groups excluding carboxylic acids is 1. The molecule has 2 aromatic heterocycles. The van der Waals surface area contributed by atoms with Crippen LogP contribution in [0, 0.1) is 0 Å². The summed E-state index contributed by atoms with van der Waals surface area (Å²) in [4.78, 5) is 22.3. The molecule has 0 N–H and O–H groups in total. The van der Waals surface area contributed by atoms with Gasteiger partial charge >= 0.3 is 6.09 Å². The molecule has 26 heavy (non-hydrogen) atoms. The van der Waals surface area contributed by atoms with Gasteiger partial charge in [-0.1, -0.05) is 41.9 Å². The molecule has 0 radical (unpaired) electrons. The molecule has 0 aliphatic carbocycles. The van der Waals surface area contributed by atoms with Crippen molar-refractivity contribution in [2.45, 2.75) is 25.5 Å². The Morgan fingerprint density at radius 1 is 1.19 bits per heavy atom. The van der Waals surface area contributed by atoms with Gasteiger partial charge in [0.2, 0.25) is 0 Å². The molecular weight excluding hydrogens is 354 g/mol. The Morgan fingerprint density at radius 3 is 2.73 bits per heavy atom. The van der Waals surface area contributed by atoms with E-state index in [1.54, 1.807) is 11.1 Å². The van der Waals surface area contributed by atoms with E-state index in [-0.39, 0.29) is 12.1 Å². The quantitative estimate of drug-likeness (QED) is 0.659. The highest BCUT2D eigenvalue weighted by atomic mass is 35.5. The first-order chi connectivity index (χ1) is 12.7. The minimum atomic E-state index is -0.275. The van der Waals surface area contributed by atoms with Crippen LogP contribution in [0.15, 0.2) is 42.9 Å². The molecule has 8 heteroatoms. The SMILES string of the molecule is O=C(OCc1ccccc1)N1CCC(n2ncc3c(Cl)ncnc32)CC1. The molecule has 0 atom stereocenters. The number of rotatable bonds is 3. The first-order valence-corrected chi connectivity index (χ1v) is 8.89. The van der Waals surface area contributed by atoms with Crippen LogP contribution in [0.4, 0.5) is 4.79 Å². The molecule has 1 aliphatic heterocycles. The van der Waals surface area contributed by atoms with E-state index < -0.39 is 0 Å². The Hall–Kier alpha value is -2.67. The molecule has 1 fully saturated rings. The van der Waals surface area contributed by atoms with Crippen molar-refractivity contribution >= 4 is 28.7 Å². The van der Waals surface area contributed by atoms with Gasteiger partial charge in [-0.25, -0.2) is 19.4 Å². The number of benzene rings is 1. The van der Waals surface area contributed by atoms with Crippen LogP contribution < -0.4 is 0 Å². The van der Waals surface area contributed by atoms with Crippen LogP contribution in [0.5, 0.6) is 0 Å². The molecule has 134 valence electrons. The van der Waals surface area contributed by atoms with Crippen LogP contribution in [-0.4, -0.2) is 43.8 Å². The van der Waals surface area contributed by atoms with E-state index in [4.69, 9.17) is 16.3 Å². The normalized spacial score (nSPS) is 15.3. The van der Waals surface area contributed by atoms with Crippen LogP contribution in [0.2, 0.25) is 5.15 Å². The summed E-state index contributed by atoms with van der Waals surface area (Å²) in [6.07, 6.45) is 4.44. The van der Waals surface area contributed by atoms with Crippen molar-refractivity contribution in [2.75, 3.05) is 13.1 Å². The molecular formula is C18H18ClN5O2. The number of ether oxygens (including phenoxy) is 1. The summed E-state index contributed by atoms with van der Waals surface area (Å²) in [6, 6.07) is 9.85. The first-order valence-electron chi connectivity index (χ1n) is 8.51. The fraction of sp³-hybridized carbons (Fsp3) is 0.333. The Kier molecular flexibility index (Phi) is 4.71. The number of fused-ring (bicyclic) bond motifs is 1. The smallest absolute Gasteiger partial charge is 0.410 e. The Balaban J connectivity index is 1.36. The third-order valence-electron chi connectivity index (χ3n) is 4.62. The second-order valence-electron chi connectivity index (χ2n) is 6.25. The summed E-state index contributed by atoms with van der Waals surface area (Å²) in [6.45, 7) is 1.54. The molecule has 0 spiro atoms. The zero-order valence-electron chi connectivity index (χ0n) is 14.1. The summed E-state index contributed by atoms with van der Waals surface area (Å²) >= 11 is 6.09. The lowest BCUT2D eigenvalue weighted by Crippen LogP contribution is -2.39. The fourth-order valence-electron chi connectivity index (χ4n) is 3.20. The molecule has 3 heterocycles. The topological polar surface area (TPSA) is 73.1 Å². The van der Waals surface area contributed by atoms with Gasteiger partial charge in [-0.3, -0.25) is 0 Å². The number of hydrogen-bond acceptors (Lipinski definition) is 5. The standard InChI is InChI=1S/C18H18ClN5O2/c19-16-15-10-22-24(17(15)21-12-20-16)14-6-8-23(9-7-14)18(25)26-11-13-4-2-1-3-5-13/h1-5,10,12,14H,6-9,11H2. The molecule has 1 amide bonds. The maximum absolute atomic E-state index is 12.3. The molecule has 0 saturated carbocycles. The lowest BCUT2D eigenvalue weighted by Gasteiger charge is -2.31. The van der Waals surface area contributed by atoms with Crippen LogP contribution in [0.25, 0.3) is 11.0 Å². The molecule has 4 rings (SSSR count). The summed E-state index contributed by atoms with van der Waals surface area (Å²) in [5, 5.41) is 5.58. The van der Waals surface area contributed by atoms with Gasteiger partial charge in [-0.05, 0) is 18.4 Å². The van der Waals surface area contributed by atoms with Crippen molar-refractivity contribution in [1.29, 1.82) is 0 Å². The number of nitrogens with zero attached hydrogens (tertiary/aromatic N) is 5. The molecule has 7 nitrogen and oxygen atoms in total. The first kappa shape index (κ1) is 16.8. The molecule has 1 aliphatic rings. The summed E-state index contributed by atoms with van der Waals surface area (Å²) in [5.74, 6) is 0. The minimum absolute atomic E-state index is 0.177. The number of aromatic nitrogens is 4. The van der Waals surface area contributed by atoms with Gasteiger partial charge in [0.25, 0.3) is 0 Å². The summed E-state index contributed by atoms with van der Waals surface area (Å²) < 4.78 is 7.29. The van der Waals surface area contributed by atoms with Crippen molar-refractivity contribution in [3.63, 3.8) is 0 Å². The van der Waals surface area contributed by atoms with Crippen LogP contribution >= 0.6 is 11.6 Å². The Labute approximate surface area is 155 Å². The number of piperidine rings is 1. The predicted octanol–water partition coefficient (Wildman–Crippen LogP) is 3.45. The van der Waals surface area contributed by atoms with Crippen LogP contribution in [-0.2, 0) is 11.3 Å². The second kappa shape index (κ2) is 7.29. The monoisotopic (exact) mass is 371 g/mol. The van der Waals surface area contributed by atoms with Gasteiger partial charge in [-0.15, -0.1) is 0 Å². The van der Waals surface area contributed by atoms with E-state index in [9.17, 15) is 4.79 Å². The molecule has 0 bridgehead atoms. The summed E-state index contributed by atoms with van der Waals surface area (Å²) in [7, 11) is 0. The van der Waals surface area contributed by atoms with Crippen molar-refractivity contribution in [2.24, 2.45) is 0 Å². The Bertz CT molecular complexity index is 906. The average Bonchev–Trinajstić information content (AvgIpc) is 3.12. The van der Waals surface area contributed by atoms with E-state index in [2.05, 4.69) is 15.1 Å². The molecule has 1 aromatic carbocycles. The second-order valence-corrected chi connectivity index (χ2v) is 6.61. The van der Waals surface area contributed by atoms with Crippen LogP contribution in [0.1, 0.15) is 24.4 Å². The fourth-order valence-corrected chi connectivity index (χ4v) is 3.38. The van der Waals surface area contributed by atoms with Crippen molar-refractivity contribution < 1.29 is 9.53 Å².